The minimum atomic E-state index is -3.41. The molecule has 14 heavy (non-hydrogen) atoms. The fourth-order valence-corrected chi connectivity index (χ4v) is 1.33. The Bertz CT molecular complexity index is 411. The summed E-state index contributed by atoms with van der Waals surface area (Å²) in [6, 6.07) is 5.58. The molecule has 0 aromatic heterocycles. The summed E-state index contributed by atoms with van der Waals surface area (Å²) in [6.45, 7) is 3.28. The summed E-state index contributed by atoms with van der Waals surface area (Å²) in [4.78, 5) is 0. The molecule has 3 nitrogen and oxygen atoms in total. The van der Waals surface area contributed by atoms with Crippen molar-refractivity contribution in [2.45, 2.75) is 6.54 Å². The minimum absolute atomic E-state index is 0.134. The molecule has 1 N–H and O–H groups in total. The third-order valence-electron chi connectivity index (χ3n) is 1.61. The molecule has 1 rings (SSSR count). The summed E-state index contributed by atoms with van der Waals surface area (Å²) < 4.78 is 36.6. The van der Waals surface area contributed by atoms with Crippen molar-refractivity contribution >= 4 is 10.0 Å². The molecule has 0 radical (unpaired) electrons. The van der Waals surface area contributed by atoms with E-state index in [1.54, 1.807) is 0 Å². The summed E-state index contributed by atoms with van der Waals surface area (Å²) in [5, 5.41) is 0.830. The smallest absolute Gasteiger partial charge is 0.208 e. The SMILES string of the molecule is C=CS(=O)(=O)NCc1ccc(F)cc1. The summed E-state index contributed by atoms with van der Waals surface area (Å²) in [5.74, 6) is -0.347. The Morgan fingerprint density at radius 2 is 1.93 bits per heavy atom. The van der Waals surface area contributed by atoms with Crippen molar-refractivity contribution in [2.75, 3.05) is 0 Å². The highest BCUT2D eigenvalue weighted by Crippen LogP contribution is 2.02. The topological polar surface area (TPSA) is 46.2 Å². The van der Waals surface area contributed by atoms with Gasteiger partial charge in [-0.05, 0) is 17.7 Å². The molecule has 1 aromatic rings. The molecule has 0 aliphatic rings. The van der Waals surface area contributed by atoms with E-state index in [2.05, 4.69) is 11.3 Å². The third kappa shape index (κ3) is 3.27. The van der Waals surface area contributed by atoms with E-state index in [9.17, 15) is 12.8 Å². The van der Waals surface area contributed by atoms with Crippen LogP contribution in [0.5, 0.6) is 0 Å². The van der Waals surface area contributed by atoms with Crippen LogP contribution in [0.15, 0.2) is 36.3 Å². The summed E-state index contributed by atoms with van der Waals surface area (Å²) in [5.41, 5.74) is 0.692. The average Bonchev–Trinajstić information content (AvgIpc) is 2.17. The molecule has 76 valence electrons. The van der Waals surface area contributed by atoms with E-state index in [4.69, 9.17) is 0 Å². The second-order valence-electron chi connectivity index (χ2n) is 2.66. The fraction of sp³-hybridized carbons (Fsp3) is 0.111. The molecule has 0 saturated heterocycles. The first-order valence-corrected chi connectivity index (χ1v) is 5.45. The summed E-state index contributed by atoms with van der Waals surface area (Å²) in [7, 11) is -3.41. The molecule has 0 saturated carbocycles. The van der Waals surface area contributed by atoms with Crippen LogP contribution in [0.1, 0.15) is 5.56 Å². The van der Waals surface area contributed by atoms with E-state index < -0.39 is 10.0 Å². The maximum absolute atomic E-state index is 12.5. The van der Waals surface area contributed by atoms with Crippen LogP contribution in [-0.2, 0) is 16.6 Å². The molecule has 0 amide bonds. The number of hydrogen-bond acceptors (Lipinski definition) is 2. The largest absolute Gasteiger partial charge is 0.233 e. The second-order valence-corrected chi connectivity index (χ2v) is 4.37. The standard InChI is InChI=1S/C9H10FNO2S/c1-2-14(12,13)11-7-8-3-5-9(10)6-4-8/h2-6,11H,1,7H2. The van der Waals surface area contributed by atoms with Crippen molar-refractivity contribution in [3.63, 3.8) is 0 Å². The Hall–Kier alpha value is -1.20. The van der Waals surface area contributed by atoms with Gasteiger partial charge in [0, 0.05) is 12.0 Å². The zero-order chi connectivity index (χ0) is 10.6. The Kier molecular flexibility index (Phi) is 3.38. The molecule has 0 aliphatic carbocycles. The predicted molar refractivity (Wildman–Crippen MR) is 52.4 cm³/mol. The quantitative estimate of drug-likeness (QED) is 0.825. The number of halogens is 1. The number of benzene rings is 1. The first kappa shape index (κ1) is 10.9. The van der Waals surface area contributed by atoms with Crippen LogP contribution in [0.3, 0.4) is 0 Å². The van der Waals surface area contributed by atoms with Crippen molar-refractivity contribution in [1.82, 2.24) is 4.72 Å². The molecule has 0 fully saturated rings. The van der Waals surface area contributed by atoms with Crippen LogP contribution < -0.4 is 4.72 Å². The summed E-state index contributed by atoms with van der Waals surface area (Å²) >= 11 is 0. The Morgan fingerprint density at radius 1 is 1.36 bits per heavy atom. The van der Waals surface area contributed by atoms with Gasteiger partial charge in [0.25, 0.3) is 0 Å². The van der Waals surface area contributed by atoms with Gasteiger partial charge in [-0.2, -0.15) is 0 Å². The highest BCUT2D eigenvalue weighted by atomic mass is 32.2. The molecule has 1 aromatic carbocycles. The van der Waals surface area contributed by atoms with Gasteiger partial charge in [0.2, 0.25) is 10.0 Å². The highest BCUT2D eigenvalue weighted by Gasteiger charge is 2.02. The lowest BCUT2D eigenvalue weighted by atomic mass is 10.2. The third-order valence-corrected chi connectivity index (χ3v) is 2.60. The van der Waals surface area contributed by atoms with Crippen LogP contribution in [0.4, 0.5) is 4.39 Å². The molecule has 0 heterocycles. The van der Waals surface area contributed by atoms with E-state index in [1.807, 2.05) is 0 Å². The minimum Gasteiger partial charge on any atom is -0.208 e. The monoisotopic (exact) mass is 215 g/mol. The normalized spacial score (nSPS) is 11.2. The molecule has 5 heteroatoms. The van der Waals surface area contributed by atoms with Crippen LogP contribution in [-0.4, -0.2) is 8.42 Å². The number of sulfonamides is 1. The van der Waals surface area contributed by atoms with Gasteiger partial charge in [-0.1, -0.05) is 18.7 Å². The average molecular weight is 215 g/mol. The number of rotatable bonds is 4. The number of nitrogens with one attached hydrogen (secondary N) is 1. The number of hydrogen-bond donors (Lipinski definition) is 1. The van der Waals surface area contributed by atoms with Crippen molar-refractivity contribution in [3.8, 4) is 0 Å². The Balaban J connectivity index is 2.63. The molecular formula is C9H10FNO2S. The van der Waals surface area contributed by atoms with Gasteiger partial charge < -0.3 is 0 Å². The van der Waals surface area contributed by atoms with Gasteiger partial charge in [0.1, 0.15) is 5.82 Å². The Labute approximate surface area is 82.3 Å². The lowest BCUT2D eigenvalue weighted by Gasteiger charge is -2.02. The van der Waals surface area contributed by atoms with Crippen LogP contribution >= 0.6 is 0 Å². The Morgan fingerprint density at radius 3 is 2.43 bits per heavy atom. The van der Waals surface area contributed by atoms with Crippen molar-refractivity contribution in [3.05, 3.63) is 47.6 Å². The van der Waals surface area contributed by atoms with Gasteiger partial charge in [-0.3, -0.25) is 0 Å². The zero-order valence-corrected chi connectivity index (χ0v) is 8.22. The van der Waals surface area contributed by atoms with Crippen molar-refractivity contribution in [2.24, 2.45) is 0 Å². The van der Waals surface area contributed by atoms with E-state index in [0.29, 0.717) is 5.56 Å². The van der Waals surface area contributed by atoms with E-state index in [1.165, 1.54) is 24.3 Å². The van der Waals surface area contributed by atoms with E-state index in [0.717, 1.165) is 5.41 Å². The lowest BCUT2D eigenvalue weighted by molar-refractivity contribution is 0.590. The van der Waals surface area contributed by atoms with Crippen molar-refractivity contribution in [1.29, 1.82) is 0 Å². The zero-order valence-electron chi connectivity index (χ0n) is 7.40. The van der Waals surface area contributed by atoms with Gasteiger partial charge in [-0.15, -0.1) is 0 Å². The predicted octanol–water partition coefficient (Wildman–Crippen LogP) is 1.39. The van der Waals surface area contributed by atoms with Gasteiger partial charge in [0.05, 0.1) is 0 Å². The fourth-order valence-electron chi connectivity index (χ4n) is 0.845. The molecule has 0 aliphatic heterocycles. The van der Waals surface area contributed by atoms with Crippen LogP contribution in [0.2, 0.25) is 0 Å². The second kappa shape index (κ2) is 4.34. The van der Waals surface area contributed by atoms with E-state index in [-0.39, 0.29) is 12.4 Å². The van der Waals surface area contributed by atoms with E-state index >= 15 is 0 Å². The molecule has 0 atom stereocenters. The van der Waals surface area contributed by atoms with Gasteiger partial charge >= 0.3 is 0 Å². The van der Waals surface area contributed by atoms with Crippen LogP contribution in [0.25, 0.3) is 0 Å². The van der Waals surface area contributed by atoms with Crippen LogP contribution in [0, 0.1) is 5.82 Å². The first-order chi connectivity index (χ1) is 6.53. The van der Waals surface area contributed by atoms with Crippen molar-refractivity contribution < 1.29 is 12.8 Å². The molecule has 0 unspecified atom stereocenters. The molecule has 0 bridgehead atoms. The lowest BCUT2D eigenvalue weighted by Crippen LogP contribution is -2.20. The highest BCUT2D eigenvalue weighted by molar-refractivity contribution is 7.92. The van der Waals surface area contributed by atoms with Gasteiger partial charge in [0.15, 0.2) is 0 Å². The summed E-state index contributed by atoms with van der Waals surface area (Å²) in [6.07, 6.45) is 0. The van der Waals surface area contributed by atoms with Gasteiger partial charge in [-0.25, -0.2) is 17.5 Å². The maximum Gasteiger partial charge on any atom is 0.233 e. The molecular weight excluding hydrogens is 205 g/mol. The first-order valence-electron chi connectivity index (χ1n) is 3.90. The maximum atomic E-state index is 12.5. The molecule has 0 spiro atoms.